The lowest BCUT2D eigenvalue weighted by molar-refractivity contribution is -0.153. The predicted octanol–water partition coefficient (Wildman–Crippen LogP) is 5.40. The highest BCUT2D eigenvalue weighted by atomic mass is 35.5. The van der Waals surface area contributed by atoms with Gasteiger partial charge in [0, 0.05) is 5.02 Å². The van der Waals surface area contributed by atoms with Gasteiger partial charge in [0.1, 0.15) is 5.54 Å². The minimum Gasteiger partial charge on any atom is -0.467 e. The van der Waals surface area contributed by atoms with E-state index in [9.17, 15) is 9.59 Å². The van der Waals surface area contributed by atoms with Crippen LogP contribution >= 0.6 is 11.6 Å². The van der Waals surface area contributed by atoms with E-state index in [-0.39, 0.29) is 18.3 Å². The second kappa shape index (κ2) is 9.22. The van der Waals surface area contributed by atoms with Crippen LogP contribution < -0.4 is 5.32 Å². The van der Waals surface area contributed by atoms with Crippen molar-refractivity contribution in [2.75, 3.05) is 7.11 Å². The third-order valence-electron chi connectivity index (χ3n) is 6.16. The standard InChI is InChI=1S/C25H30ClNO3/c1-16-6-5-11-25(15-16,24(29)30-4)27-23(28)14-22-17(2)12-20(13-18(22)3)19-7-9-21(26)10-8-19/h7-10,12-13,16H,5-6,11,14-15H2,1-4H3,(H,27,28). The molecule has 0 saturated heterocycles. The van der Waals surface area contributed by atoms with Crippen LogP contribution in [-0.2, 0) is 20.7 Å². The minimum absolute atomic E-state index is 0.139. The zero-order valence-electron chi connectivity index (χ0n) is 18.2. The number of halogens is 1. The quantitative estimate of drug-likeness (QED) is 0.649. The molecule has 1 aliphatic rings. The number of methoxy groups -OCH3 is 1. The first-order chi connectivity index (χ1) is 14.2. The number of nitrogens with one attached hydrogen (secondary N) is 1. The molecule has 2 aromatic carbocycles. The molecule has 0 radical (unpaired) electrons. The number of hydrogen-bond donors (Lipinski definition) is 1. The Morgan fingerprint density at radius 1 is 1.13 bits per heavy atom. The Kier molecular flexibility index (Phi) is 6.87. The fraction of sp³-hybridized carbons (Fsp3) is 0.440. The van der Waals surface area contributed by atoms with Crippen LogP contribution in [0.5, 0.6) is 0 Å². The Bertz CT molecular complexity index is 915. The summed E-state index contributed by atoms with van der Waals surface area (Å²) in [5.41, 5.74) is 4.38. The molecule has 2 aromatic rings. The fourth-order valence-electron chi connectivity index (χ4n) is 4.65. The lowest BCUT2D eigenvalue weighted by Gasteiger charge is -2.38. The average molecular weight is 428 g/mol. The van der Waals surface area contributed by atoms with Crippen LogP contribution in [-0.4, -0.2) is 24.5 Å². The van der Waals surface area contributed by atoms with Crippen LogP contribution in [0.4, 0.5) is 0 Å². The van der Waals surface area contributed by atoms with E-state index in [1.165, 1.54) is 7.11 Å². The van der Waals surface area contributed by atoms with Gasteiger partial charge < -0.3 is 10.1 Å². The minimum atomic E-state index is -0.908. The summed E-state index contributed by atoms with van der Waals surface area (Å²) in [7, 11) is 1.39. The lowest BCUT2D eigenvalue weighted by atomic mass is 9.76. The molecule has 3 rings (SSSR count). The number of hydrogen-bond acceptors (Lipinski definition) is 3. The molecule has 1 fully saturated rings. The van der Waals surface area contributed by atoms with Crippen molar-refractivity contribution in [1.29, 1.82) is 0 Å². The van der Waals surface area contributed by atoms with E-state index in [0.29, 0.717) is 23.8 Å². The van der Waals surface area contributed by atoms with Crippen molar-refractivity contribution >= 4 is 23.5 Å². The number of amides is 1. The van der Waals surface area contributed by atoms with Crippen molar-refractivity contribution < 1.29 is 14.3 Å². The summed E-state index contributed by atoms with van der Waals surface area (Å²) in [5, 5.41) is 3.75. The molecular weight excluding hydrogens is 398 g/mol. The lowest BCUT2D eigenvalue weighted by Crippen LogP contribution is -2.57. The normalized spacial score (nSPS) is 21.2. The van der Waals surface area contributed by atoms with Crippen LogP contribution in [0.15, 0.2) is 36.4 Å². The molecule has 0 aromatic heterocycles. The zero-order valence-corrected chi connectivity index (χ0v) is 18.9. The van der Waals surface area contributed by atoms with Crippen molar-refractivity contribution in [2.24, 2.45) is 5.92 Å². The Hall–Kier alpha value is -2.33. The number of carbonyl (C=O) groups excluding carboxylic acids is 2. The highest BCUT2D eigenvalue weighted by Gasteiger charge is 2.44. The van der Waals surface area contributed by atoms with Gasteiger partial charge >= 0.3 is 5.97 Å². The molecule has 1 aliphatic carbocycles. The van der Waals surface area contributed by atoms with Crippen molar-refractivity contribution in [3.05, 3.63) is 58.1 Å². The van der Waals surface area contributed by atoms with Crippen LogP contribution in [0.2, 0.25) is 5.02 Å². The second-order valence-electron chi connectivity index (χ2n) is 8.60. The molecular formula is C25H30ClNO3. The van der Waals surface area contributed by atoms with E-state index in [1.807, 2.05) is 38.1 Å². The number of aryl methyl sites for hydroxylation is 2. The van der Waals surface area contributed by atoms with E-state index in [4.69, 9.17) is 16.3 Å². The zero-order chi connectivity index (χ0) is 21.9. The molecule has 0 bridgehead atoms. The molecule has 0 aliphatic heterocycles. The monoisotopic (exact) mass is 427 g/mol. The molecule has 30 heavy (non-hydrogen) atoms. The van der Waals surface area contributed by atoms with E-state index in [0.717, 1.165) is 40.7 Å². The van der Waals surface area contributed by atoms with Crippen LogP contribution in [0.3, 0.4) is 0 Å². The van der Waals surface area contributed by atoms with Crippen molar-refractivity contribution in [1.82, 2.24) is 5.32 Å². The Morgan fingerprint density at radius 2 is 1.77 bits per heavy atom. The molecule has 160 valence electrons. The van der Waals surface area contributed by atoms with Crippen LogP contribution in [0.25, 0.3) is 11.1 Å². The summed E-state index contributed by atoms with van der Waals surface area (Å²) in [6.45, 7) is 6.16. The van der Waals surface area contributed by atoms with Crippen molar-refractivity contribution in [3.63, 3.8) is 0 Å². The Morgan fingerprint density at radius 3 is 2.33 bits per heavy atom. The van der Waals surface area contributed by atoms with Gasteiger partial charge in [-0.25, -0.2) is 4.79 Å². The van der Waals surface area contributed by atoms with Crippen LogP contribution in [0, 0.1) is 19.8 Å². The molecule has 1 amide bonds. The molecule has 0 spiro atoms. The molecule has 1 N–H and O–H groups in total. The molecule has 0 heterocycles. The number of rotatable bonds is 5. The SMILES string of the molecule is COC(=O)C1(NC(=O)Cc2c(C)cc(-c3ccc(Cl)cc3)cc2C)CCCC(C)C1. The van der Waals surface area contributed by atoms with Gasteiger partial charge in [-0.3, -0.25) is 4.79 Å². The van der Waals surface area contributed by atoms with Gasteiger partial charge in [-0.2, -0.15) is 0 Å². The summed E-state index contributed by atoms with van der Waals surface area (Å²) in [6, 6.07) is 11.9. The van der Waals surface area contributed by atoms with Gasteiger partial charge in [0.25, 0.3) is 0 Å². The topological polar surface area (TPSA) is 55.4 Å². The van der Waals surface area contributed by atoms with Gasteiger partial charge in [-0.15, -0.1) is 0 Å². The molecule has 4 nitrogen and oxygen atoms in total. The number of ether oxygens (including phenoxy) is 1. The predicted molar refractivity (Wildman–Crippen MR) is 121 cm³/mol. The first-order valence-electron chi connectivity index (χ1n) is 10.5. The van der Waals surface area contributed by atoms with E-state index in [2.05, 4.69) is 24.4 Å². The number of esters is 1. The maximum atomic E-state index is 13.0. The number of carbonyl (C=O) groups is 2. The van der Waals surface area contributed by atoms with E-state index in [1.54, 1.807) is 0 Å². The molecule has 2 unspecified atom stereocenters. The molecule has 2 atom stereocenters. The highest BCUT2D eigenvalue weighted by Crippen LogP contribution is 2.34. The maximum Gasteiger partial charge on any atom is 0.331 e. The number of benzene rings is 2. The average Bonchev–Trinajstić information content (AvgIpc) is 2.70. The highest BCUT2D eigenvalue weighted by molar-refractivity contribution is 6.30. The smallest absolute Gasteiger partial charge is 0.331 e. The third-order valence-corrected chi connectivity index (χ3v) is 6.42. The summed E-state index contributed by atoms with van der Waals surface area (Å²) in [4.78, 5) is 25.5. The third kappa shape index (κ3) is 4.86. The Balaban J connectivity index is 1.80. The summed E-state index contributed by atoms with van der Waals surface area (Å²) in [5.74, 6) is -0.103. The van der Waals surface area contributed by atoms with Gasteiger partial charge in [0.05, 0.1) is 13.5 Å². The summed E-state index contributed by atoms with van der Waals surface area (Å²) < 4.78 is 5.05. The van der Waals surface area contributed by atoms with Gasteiger partial charge in [0.15, 0.2) is 0 Å². The van der Waals surface area contributed by atoms with Crippen LogP contribution in [0.1, 0.15) is 49.3 Å². The fourth-order valence-corrected chi connectivity index (χ4v) is 4.78. The second-order valence-corrected chi connectivity index (χ2v) is 9.03. The molecule has 1 saturated carbocycles. The molecule has 5 heteroatoms. The first kappa shape index (κ1) is 22.4. The van der Waals surface area contributed by atoms with Crippen molar-refractivity contribution in [2.45, 2.75) is 58.4 Å². The maximum absolute atomic E-state index is 13.0. The largest absolute Gasteiger partial charge is 0.467 e. The van der Waals surface area contributed by atoms with E-state index < -0.39 is 5.54 Å². The summed E-state index contributed by atoms with van der Waals surface area (Å²) >= 11 is 6.00. The van der Waals surface area contributed by atoms with Gasteiger partial charge in [0.2, 0.25) is 5.91 Å². The first-order valence-corrected chi connectivity index (χ1v) is 10.9. The summed E-state index contributed by atoms with van der Waals surface area (Å²) in [6.07, 6.45) is 3.47. The Labute approximate surface area is 184 Å². The van der Waals surface area contributed by atoms with Crippen molar-refractivity contribution in [3.8, 4) is 11.1 Å². The van der Waals surface area contributed by atoms with E-state index >= 15 is 0 Å². The van der Waals surface area contributed by atoms with Gasteiger partial charge in [-0.1, -0.05) is 55.6 Å². The van der Waals surface area contributed by atoms with Gasteiger partial charge in [-0.05, 0) is 72.6 Å².